The van der Waals surface area contributed by atoms with Gasteiger partial charge < -0.3 is 16.2 Å². The lowest BCUT2D eigenvalue weighted by Gasteiger charge is -2.36. The highest BCUT2D eigenvalue weighted by Crippen LogP contribution is 2.29. The number of rotatable bonds is 4. The van der Waals surface area contributed by atoms with Crippen LogP contribution in [0.5, 0.6) is 5.75 Å². The average molecular weight is 321 g/mol. The normalized spacial score (nSPS) is 25.2. The van der Waals surface area contributed by atoms with Gasteiger partial charge >= 0.3 is 0 Å². The van der Waals surface area contributed by atoms with E-state index in [1.165, 1.54) is 5.56 Å². The van der Waals surface area contributed by atoms with Crippen molar-refractivity contribution >= 4 is 24.8 Å². The fourth-order valence-electron chi connectivity index (χ4n) is 2.65. The highest BCUT2D eigenvalue weighted by atomic mass is 35.5. The third kappa shape index (κ3) is 5.49. The van der Waals surface area contributed by atoms with Crippen molar-refractivity contribution in [2.75, 3.05) is 7.11 Å². The SMILES string of the molecule is COc1ccc(CCC2(N)CCC(N)CC2)cc1.Cl.Cl. The Hall–Kier alpha value is -0.480. The fraction of sp³-hybridized carbons (Fsp3) is 0.600. The smallest absolute Gasteiger partial charge is 0.118 e. The summed E-state index contributed by atoms with van der Waals surface area (Å²) in [5.41, 5.74) is 13.7. The molecule has 0 bridgehead atoms. The molecule has 0 atom stereocenters. The number of hydrogen-bond donors (Lipinski definition) is 2. The van der Waals surface area contributed by atoms with Crippen LogP contribution in [0, 0.1) is 0 Å². The summed E-state index contributed by atoms with van der Waals surface area (Å²) in [7, 11) is 1.69. The molecule has 116 valence electrons. The Morgan fingerprint density at radius 1 is 1.15 bits per heavy atom. The van der Waals surface area contributed by atoms with E-state index in [2.05, 4.69) is 12.1 Å². The third-order valence-corrected chi connectivity index (χ3v) is 4.10. The molecule has 3 nitrogen and oxygen atoms in total. The van der Waals surface area contributed by atoms with Crippen LogP contribution in [-0.2, 0) is 6.42 Å². The highest BCUT2D eigenvalue weighted by molar-refractivity contribution is 5.85. The summed E-state index contributed by atoms with van der Waals surface area (Å²) in [6, 6.07) is 8.63. The molecule has 1 fully saturated rings. The second kappa shape index (κ2) is 8.73. The summed E-state index contributed by atoms with van der Waals surface area (Å²) in [5.74, 6) is 0.907. The summed E-state index contributed by atoms with van der Waals surface area (Å²) in [6.07, 6.45) is 6.34. The molecule has 2 rings (SSSR count). The molecule has 1 saturated carbocycles. The maximum absolute atomic E-state index is 6.44. The van der Waals surface area contributed by atoms with Crippen LogP contribution in [0.15, 0.2) is 24.3 Å². The van der Waals surface area contributed by atoms with Gasteiger partial charge in [0, 0.05) is 11.6 Å². The van der Waals surface area contributed by atoms with E-state index in [-0.39, 0.29) is 30.4 Å². The number of nitrogens with two attached hydrogens (primary N) is 2. The van der Waals surface area contributed by atoms with Crippen LogP contribution in [0.4, 0.5) is 0 Å². The van der Waals surface area contributed by atoms with Crippen LogP contribution in [0.3, 0.4) is 0 Å². The third-order valence-electron chi connectivity index (χ3n) is 4.10. The van der Waals surface area contributed by atoms with Gasteiger partial charge in [0.05, 0.1) is 7.11 Å². The van der Waals surface area contributed by atoms with Crippen LogP contribution in [0.25, 0.3) is 0 Å². The van der Waals surface area contributed by atoms with Crippen molar-refractivity contribution < 1.29 is 4.74 Å². The van der Waals surface area contributed by atoms with Crippen molar-refractivity contribution in [2.45, 2.75) is 50.1 Å². The van der Waals surface area contributed by atoms with Gasteiger partial charge in [-0.1, -0.05) is 12.1 Å². The molecule has 5 heteroatoms. The second-order valence-electron chi connectivity index (χ2n) is 5.55. The molecule has 0 amide bonds. The highest BCUT2D eigenvalue weighted by Gasteiger charge is 2.29. The van der Waals surface area contributed by atoms with E-state index in [0.717, 1.165) is 44.3 Å². The van der Waals surface area contributed by atoms with Crippen LogP contribution in [-0.4, -0.2) is 18.7 Å². The summed E-state index contributed by atoms with van der Waals surface area (Å²) in [5, 5.41) is 0. The number of halogens is 2. The minimum Gasteiger partial charge on any atom is -0.497 e. The standard InChI is InChI=1S/C15H24N2O.2ClH/c1-18-14-4-2-12(3-5-14)6-9-15(17)10-7-13(16)8-11-15;;/h2-5,13H,6-11,16-17H2,1H3;2*1H. The first kappa shape index (κ1) is 19.5. The van der Waals surface area contributed by atoms with Crippen LogP contribution >= 0.6 is 24.8 Å². The van der Waals surface area contributed by atoms with Crippen LogP contribution in [0.2, 0.25) is 0 Å². The molecule has 0 spiro atoms. The lowest BCUT2D eigenvalue weighted by molar-refractivity contribution is 0.258. The van der Waals surface area contributed by atoms with Crippen LogP contribution < -0.4 is 16.2 Å². The van der Waals surface area contributed by atoms with Crippen molar-refractivity contribution in [1.29, 1.82) is 0 Å². The molecule has 0 heterocycles. The molecule has 0 aliphatic heterocycles. The molecule has 0 saturated heterocycles. The number of aryl methyl sites for hydroxylation is 1. The molecule has 1 aliphatic carbocycles. The molecule has 1 aliphatic rings. The molecule has 0 aromatic heterocycles. The quantitative estimate of drug-likeness (QED) is 0.896. The van der Waals surface area contributed by atoms with E-state index < -0.39 is 0 Å². The van der Waals surface area contributed by atoms with Gasteiger partial charge in [-0.05, 0) is 56.2 Å². The summed E-state index contributed by atoms with van der Waals surface area (Å²) >= 11 is 0. The Balaban J connectivity index is 0.00000180. The predicted molar refractivity (Wildman–Crippen MR) is 89.2 cm³/mol. The zero-order valence-corrected chi connectivity index (χ0v) is 13.6. The molecule has 1 aromatic rings. The molecule has 20 heavy (non-hydrogen) atoms. The number of methoxy groups -OCH3 is 1. The van der Waals surface area contributed by atoms with Gasteiger partial charge in [-0.25, -0.2) is 0 Å². The second-order valence-corrected chi connectivity index (χ2v) is 5.55. The molecular weight excluding hydrogens is 295 g/mol. The van der Waals surface area contributed by atoms with E-state index in [0.29, 0.717) is 6.04 Å². The number of benzene rings is 1. The Bertz CT molecular complexity index is 376. The zero-order valence-electron chi connectivity index (χ0n) is 12.0. The van der Waals surface area contributed by atoms with E-state index >= 15 is 0 Å². The van der Waals surface area contributed by atoms with Crippen molar-refractivity contribution in [3.8, 4) is 5.75 Å². The van der Waals surface area contributed by atoms with Gasteiger partial charge in [-0.15, -0.1) is 24.8 Å². The van der Waals surface area contributed by atoms with E-state index in [9.17, 15) is 0 Å². The average Bonchev–Trinajstić information content (AvgIpc) is 2.41. The first-order valence-corrected chi connectivity index (χ1v) is 6.79. The predicted octanol–water partition coefficient (Wildman–Crippen LogP) is 3.07. The Labute approximate surface area is 134 Å². The first-order chi connectivity index (χ1) is 8.61. The van der Waals surface area contributed by atoms with Gasteiger partial charge in [-0.2, -0.15) is 0 Å². The van der Waals surface area contributed by atoms with E-state index in [1.54, 1.807) is 7.11 Å². The maximum atomic E-state index is 6.44. The fourth-order valence-corrected chi connectivity index (χ4v) is 2.65. The van der Waals surface area contributed by atoms with Crippen molar-refractivity contribution in [2.24, 2.45) is 11.5 Å². The number of hydrogen-bond acceptors (Lipinski definition) is 3. The Kier molecular flexibility index (Phi) is 8.52. The van der Waals surface area contributed by atoms with Gasteiger partial charge in [0.2, 0.25) is 0 Å². The van der Waals surface area contributed by atoms with Gasteiger partial charge in [-0.3, -0.25) is 0 Å². The van der Waals surface area contributed by atoms with Crippen molar-refractivity contribution in [3.63, 3.8) is 0 Å². The zero-order chi connectivity index (χ0) is 13.0. The minimum atomic E-state index is -0.00417. The molecule has 0 radical (unpaired) electrons. The largest absolute Gasteiger partial charge is 0.497 e. The summed E-state index contributed by atoms with van der Waals surface area (Å²) in [4.78, 5) is 0. The van der Waals surface area contributed by atoms with E-state index in [4.69, 9.17) is 16.2 Å². The Morgan fingerprint density at radius 2 is 1.70 bits per heavy atom. The number of ether oxygens (including phenoxy) is 1. The molecule has 4 N–H and O–H groups in total. The molecular formula is C15H26Cl2N2O. The topological polar surface area (TPSA) is 61.3 Å². The van der Waals surface area contributed by atoms with Gasteiger partial charge in [0.1, 0.15) is 5.75 Å². The Morgan fingerprint density at radius 3 is 2.20 bits per heavy atom. The van der Waals surface area contributed by atoms with Crippen molar-refractivity contribution in [1.82, 2.24) is 0 Å². The maximum Gasteiger partial charge on any atom is 0.118 e. The molecule has 1 aromatic carbocycles. The lowest BCUT2D eigenvalue weighted by atomic mass is 9.77. The monoisotopic (exact) mass is 320 g/mol. The summed E-state index contributed by atoms with van der Waals surface area (Å²) < 4.78 is 5.16. The van der Waals surface area contributed by atoms with Gasteiger partial charge in [0.25, 0.3) is 0 Å². The van der Waals surface area contributed by atoms with Crippen LogP contribution in [0.1, 0.15) is 37.7 Å². The van der Waals surface area contributed by atoms with E-state index in [1.807, 2.05) is 12.1 Å². The van der Waals surface area contributed by atoms with Gasteiger partial charge in [0.15, 0.2) is 0 Å². The van der Waals surface area contributed by atoms with Crippen molar-refractivity contribution in [3.05, 3.63) is 29.8 Å². The minimum absolute atomic E-state index is 0. The lowest BCUT2D eigenvalue weighted by Crippen LogP contribution is -2.46. The molecule has 0 unspecified atom stereocenters. The first-order valence-electron chi connectivity index (χ1n) is 6.79. The summed E-state index contributed by atoms with van der Waals surface area (Å²) in [6.45, 7) is 0.